The second-order valence-corrected chi connectivity index (χ2v) is 6.20. The largest absolute Gasteiger partial charge is 0.336 e. The number of fused-ring (bicyclic) bond motifs is 1. The summed E-state index contributed by atoms with van der Waals surface area (Å²) >= 11 is 12.2. The lowest BCUT2D eigenvalue weighted by atomic mass is 9.93. The molecule has 3 rings (SSSR count). The molecule has 0 radical (unpaired) electrons. The van der Waals surface area contributed by atoms with Gasteiger partial charge in [-0.1, -0.05) is 23.2 Å². The van der Waals surface area contributed by atoms with Crippen LogP contribution in [0.4, 0.5) is 0 Å². The number of aromatic nitrogens is 3. The molecule has 0 saturated heterocycles. The highest BCUT2D eigenvalue weighted by molar-refractivity contribution is 6.42. The molecule has 1 atom stereocenters. The van der Waals surface area contributed by atoms with Crippen molar-refractivity contribution in [3.63, 3.8) is 0 Å². The topological polar surface area (TPSA) is 51.0 Å². The zero-order valence-electron chi connectivity index (χ0n) is 12.2. The van der Waals surface area contributed by atoms with Crippen LogP contribution in [0.15, 0.2) is 24.8 Å². The van der Waals surface area contributed by atoms with E-state index in [-0.39, 0.29) is 11.9 Å². The third-order valence-electron chi connectivity index (χ3n) is 4.06. The van der Waals surface area contributed by atoms with Gasteiger partial charge in [-0.05, 0) is 36.6 Å². The van der Waals surface area contributed by atoms with Gasteiger partial charge < -0.3 is 4.90 Å². The van der Waals surface area contributed by atoms with Gasteiger partial charge in [-0.15, -0.1) is 0 Å². The second kappa shape index (κ2) is 6.26. The summed E-state index contributed by atoms with van der Waals surface area (Å²) in [6.07, 6.45) is 4.29. The fraction of sp³-hybridized carbons (Fsp3) is 0.400. The Kier molecular flexibility index (Phi) is 4.36. The summed E-state index contributed by atoms with van der Waals surface area (Å²) in [6.45, 7) is 3.26. The summed E-state index contributed by atoms with van der Waals surface area (Å²) in [5, 5.41) is 5.11. The number of carbonyl (C=O) groups excluding carboxylic acids is 1. The lowest BCUT2D eigenvalue weighted by Crippen LogP contribution is -2.39. The van der Waals surface area contributed by atoms with Crippen molar-refractivity contribution >= 4 is 29.1 Å². The molecule has 1 amide bonds. The number of halogens is 2. The first-order valence-electron chi connectivity index (χ1n) is 7.16. The van der Waals surface area contributed by atoms with Crippen LogP contribution in [0.25, 0.3) is 0 Å². The Balaban J connectivity index is 1.73. The minimum absolute atomic E-state index is 0.00163. The van der Waals surface area contributed by atoms with Crippen LogP contribution >= 0.6 is 23.2 Å². The van der Waals surface area contributed by atoms with Gasteiger partial charge in [0, 0.05) is 13.0 Å². The fourth-order valence-corrected chi connectivity index (χ4v) is 3.21. The Morgan fingerprint density at radius 1 is 1.36 bits per heavy atom. The normalized spacial score (nSPS) is 17.4. The zero-order valence-corrected chi connectivity index (χ0v) is 13.7. The quantitative estimate of drug-likeness (QED) is 0.863. The van der Waals surface area contributed by atoms with E-state index < -0.39 is 0 Å². The summed E-state index contributed by atoms with van der Waals surface area (Å²) in [6, 6.07) is 3.79. The molecule has 1 aromatic carbocycles. The number of nitrogens with zero attached hydrogens (tertiary/aromatic N) is 4. The molecule has 0 aliphatic carbocycles. The summed E-state index contributed by atoms with van der Waals surface area (Å²) in [5.74, 6) is 0.111. The van der Waals surface area contributed by atoms with E-state index in [0.29, 0.717) is 29.6 Å². The molecule has 116 valence electrons. The molecule has 2 aromatic rings. The monoisotopic (exact) mass is 338 g/mol. The molecule has 1 unspecified atom stereocenters. The van der Waals surface area contributed by atoms with Crippen LogP contribution in [-0.4, -0.2) is 32.1 Å². The van der Waals surface area contributed by atoms with Crippen molar-refractivity contribution in [1.82, 2.24) is 19.7 Å². The van der Waals surface area contributed by atoms with E-state index in [4.69, 9.17) is 23.2 Å². The molecule has 7 heteroatoms. The van der Waals surface area contributed by atoms with E-state index in [9.17, 15) is 4.79 Å². The van der Waals surface area contributed by atoms with E-state index in [1.807, 2.05) is 24.0 Å². The number of aryl methyl sites for hydroxylation is 1. The van der Waals surface area contributed by atoms with Gasteiger partial charge in [-0.2, -0.15) is 5.10 Å². The molecule has 0 fully saturated rings. The van der Waals surface area contributed by atoms with Crippen LogP contribution in [0, 0.1) is 0 Å². The van der Waals surface area contributed by atoms with Crippen molar-refractivity contribution in [2.45, 2.75) is 32.4 Å². The van der Waals surface area contributed by atoms with Gasteiger partial charge >= 0.3 is 0 Å². The predicted molar refractivity (Wildman–Crippen MR) is 84.9 cm³/mol. The van der Waals surface area contributed by atoms with Crippen molar-refractivity contribution in [3.05, 3.63) is 46.0 Å². The van der Waals surface area contributed by atoms with Crippen LogP contribution in [0.2, 0.25) is 10.0 Å². The highest BCUT2D eigenvalue weighted by Gasteiger charge is 2.28. The maximum Gasteiger partial charge on any atom is 0.224 e. The van der Waals surface area contributed by atoms with E-state index >= 15 is 0 Å². The summed E-state index contributed by atoms with van der Waals surface area (Å²) in [5.41, 5.74) is 2.25. The molecule has 5 nitrogen and oxygen atoms in total. The molecule has 2 heterocycles. The molecular weight excluding hydrogens is 323 g/mol. The molecular formula is C15H16Cl2N4O. The lowest BCUT2D eigenvalue weighted by Gasteiger charge is -2.35. The highest BCUT2D eigenvalue weighted by Crippen LogP contribution is 2.35. The van der Waals surface area contributed by atoms with Crippen molar-refractivity contribution in [2.24, 2.45) is 0 Å². The number of carbonyl (C=O) groups is 1. The van der Waals surface area contributed by atoms with Crippen molar-refractivity contribution in [3.8, 4) is 0 Å². The minimum Gasteiger partial charge on any atom is -0.336 e. The van der Waals surface area contributed by atoms with Gasteiger partial charge in [-0.3, -0.25) is 9.48 Å². The third-order valence-corrected chi connectivity index (χ3v) is 4.79. The molecule has 0 N–H and O–H groups in total. The fourth-order valence-electron chi connectivity index (χ4n) is 2.85. The van der Waals surface area contributed by atoms with E-state index in [2.05, 4.69) is 10.1 Å². The Morgan fingerprint density at radius 2 is 2.14 bits per heavy atom. The first kappa shape index (κ1) is 15.3. The molecule has 0 saturated carbocycles. The van der Waals surface area contributed by atoms with Crippen LogP contribution in [-0.2, 0) is 17.8 Å². The first-order chi connectivity index (χ1) is 10.6. The average Bonchev–Trinajstić information content (AvgIpc) is 3.01. The van der Waals surface area contributed by atoms with Gasteiger partial charge in [0.25, 0.3) is 0 Å². The van der Waals surface area contributed by atoms with E-state index in [0.717, 1.165) is 12.0 Å². The van der Waals surface area contributed by atoms with E-state index in [1.165, 1.54) is 11.9 Å². The van der Waals surface area contributed by atoms with E-state index in [1.54, 1.807) is 11.0 Å². The lowest BCUT2D eigenvalue weighted by molar-refractivity contribution is -0.134. The SMILES string of the molecule is CC1c2cc(Cl)c(Cl)cc2CCN1C(=O)CCn1cncn1. The molecule has 0 bridgehead atoms. The third kappa shape index (κ3) is 2.96. The summed E-state index contributed by atoms with van der Waals surface area (Å²) in [7, 11) is 0. The Hall–Kier alpha value is -1.59. The molecule has 0 spiro atoms. The maximum atomic E-state index is 12.5. The standard InChI is InChI=1S/C15H16Cl2N4O/c1-10-12-7-14(17)13(16)6-11(12)2-5-21(10)15(22)3-4-20-9-18-8-19-20/h6-10H,2-5H2,1H3. The summed E-state index contributed by atoms with van der Waals surface area (Å²) < 4.78 is 1.66. The minimum atomic E-state index is 0.00163. The number of benzene rings is 1. The van der Waals surface area contributed by atoms with Gasteiger partial charge in [0.2, 0.25) is 5.91 Å². The Bertz CT molecular complexity index is 687. The van der Waals surface area contributed by atoms with Crippen LogP contribution in [0.3, 0.4) is 0 Å². The number of rotatable bonds is 3. The second-order valence-electron chi connectivity index (χ2n) is 5.39. The highest BCUT2D eigenvalue weighted by atomic mass is 35.5. The van der Waals surface area contributed by atoms with Crippen LogP contribution < -0.4 is 0 Å². The summed E-state index contributed by atoms with van der Waals surface area (Å²) in [4.78, 5) is 18.2. The van der Waals surface area contributed by atoms with Crippen LogP contribution in [0.5, 0.6) is 0 Å². The van der Waals surface area contributed by atoms with Crippen LogP contribution in [0.1, 0.15) is 30.5 Å². The van der Waals surface area contributed by atoms with Gasteiger partial charge in [0.1, 0.15) is 12.7 Å². The molecule has 1 aliphatic heterocycles. The average molecular weight is 339 g/mol. The predicted octanol–water partition coefficient (Wildman–Crippen LogP) is 3.12. The van der Waals surface area contributed by atoms with Crippen molar-refractivity contribution in [2.75, 3.05) is 6.54 Å². The van der Waals surface area contributed by atoms with Gasteiger partial charge in [0.15, 0.2) is 0 Å². The first-order valence-corrected chi connectivity index (χ1v) is 7.91. The Labute approximate surface area is 138 Å². The van der Waals surface area contributed by atoms with Gasteiger partial charge in [-0.25, -0.2) is 4.98 Å². The Morgan fingerprint density at radius 3 is 2.86 bits per heavy atom. The number of hydrogen-bond donors (Lipinski definition) is 0. The zero-order chi connectivity index (χ0) is 15.7. The van der Waals surface area contributed by atoms with Crippen molar-refractivity contribution < 1.29 is 4.79 Å². The molecule has 1 aliphatic rings. The maximum absolute atomic E-state index is 12.5. The smallest absolute Gasteiger partial charge is 0.224 e. The molecule has 1 aromatic heterocycles. The van der Waals surface area contributed by atoms with Gasteiger partial charge in [0.05, 0.1) is 22.6 Å². The van der Waals surface area contributed by atoms with Crippen molar-refractivity contribution in [1.29, 1.82) is 0 Å². The molecule has 22 heavy (non-hydrogen) atoms. The number of hydrogen-bond acceptors (Lipinski definition) is 3. The number of amides is 1.